The summed E-state index contributed by atoms with van der Waals surface area (Å²) in [6.07, 6.45) is -4.76. The molecule has 11 heteroatoms. The van der Waals surface area contributed by atoms with E-state index in [-0.39, 0.29) is 35.0 Å². The number of hydrogen-bond donors (Lipinski definition) is 1. The van der Waals surface area contributed by atoms with E-state index >= 15 is 0 Å². The van der Waals surface area contributed by atoms with Crippen LogP contribution in [-0.4, -0.2) is 39.4 Å². The van der Waals surface area contributed by atoms with Gasteiger partial charge in [-0.25, -0.2) is 0 Å². The maximum Gasteiger partial charge on any atom is 0.422 e. The summed E-state index contributed by atoms with van der Waals surface area (Å²) in [5.41, 5.74) is 0.430. The Morgan fingerprint density at radius 1 is 1.00 bits per heavy atom. The fourth-order valence-electron chi connectivity index (χ4n) is 5.65. The second-order valence-electron chi connectivity index (χ2n) is 11.2. The van der Waals surface area contributed by atoms with Crippen LogP contribution in [0.2, 0.25) is 0 Å². The summed E-state index contributed by atoms with van der Waals surface area (Å²) in [4.78, 5) is 13.5. The van der Waals surface area contributed by atoms with Crippen molar-refractivity contribution in [2.45, 2.75) is 39.6 Å². The van der Waals surface area contributed by atoms with Crippen molar-refractivity contribution in [3.05, 3.63) is 65.2 Å². The molecule has 1 unspecified atom stereocenters. The summed E-state index contributed by atoms with van der Waals surface area (Å²) in [5, 5.41) is 17.0. The minimum atomic E-state index is -4.76. The van der Waals surface area contributed by atoms with Gasteiger partial charge < -0.3 is 18.9 Å². The van der Waals surface area contributed by atoms with Gasteiger partial charge in [-0.2, -0.15) is 13.2 Å². The Kier molecular flexibility index (Phi) is 6.02. The molecule has 1 fully saturated rings. The van der Waals surface area contributed by atoms with Crippen LogP contribution in [0.25, 0.3) is 34.0 Å². The lowest BCUT2D eigenvalue weighted by Gasteiger charge is -2.48. The van der Waals surface area contributed by atoms with Crippen LogP contribution in [0.15, 0.2) is 57.6 Å². The average molecular weight is 554 g/mol. The van der Waals surface area contributed by atoms with Gasteiger partial charge in [0.2, 0.25) is 5.76 Å². The van der Waals surface area contributed by atoms with Crippen LogP contribution in [0.1, 0.15) is 43.5 Å². The first-order valence-corrected chi connectivity index (χ1v) is 12.8. The highest BCUT2D eigenvalue weighted by molar-refractivity contribution is 5.79. The fraction of sp³-hybridized carbons (Fsp3) is 0.345. The zero-order valence-corrected chi connectivity index (χ0v) is 22.0. The molecule has 1 atom stereocenters. The van der Waals surface area contributed by atoms with E-state index in [0.717, 1.165) is 5.56 Å². The number of halogens is 3. The molecule has 2 aliphatic heterocycles. The van der Waals surface area contributed by atoms with E-state index in [0.29, 0.717) is 35.7 Å². The molecule has 0 aliphatic carbocycles. The second kappa shape index (κ2) is 9.22. The molecular weight excluding hydrogens is 527 g/mol. The van der Waals surface area contributed by atoms with Crippen molar-refractivity contribution in [2.75, 3.05) is 13.1 Å². The van der Waals surface area contributed by atoms with Crippen molar-refractivity contribution in [3.63, 3.8) is 0 Å². The van der Waals surface area contributed by atoms with Gasteiger partial charge in [-0.15, -0.1) is 0 Å². The summed E-state index contributed by atoms with van der Waals surface area (Å²) in [5.74, 6) is -0.915. The number of aromatic nitrogens is 2. The van der Waals surface area contributed by atoms with Gasteiger partial charge in [0.05, 0.1) is 17.0 Å². The maximum absolute atomic E-state index is 14.2. The molecule has 1 saturated heterocycles. The monoisotopic (exact) mass is 553 g/mol. The molecular formula is C29H26F3N3O5. The number of carbonyl (C=O) groups is 1. The molecule has 1 N–H and O–H groups in total. The van der Waals surface area contributed by atoms with E-state index in [2.05, 4.69) is 36.0 Å². The Bertz CT molecular complexity index is 1580. The lowest BCUT2D eigenvalue weighted by Crippen LogP contribution is -2.54. The predicted octanol–water partition coefficient (Wildman–Crippen LogP) is 6.68. The molecule has 40 heavy (non-hydrogen) atoms. The number of aliphatic carboxylic acids is 1. The Hall–Kier alpha value is -4.12. The Morgan fingerprint density at radius 2 is 1.68 bits per heavy atom. The number of alkyl halides is 3. The van der Waals surface area contributed by atoms with E-state index < -0.39 is 29.4 Å². The van der Waals surface area contributed by atoms with Gasteiger partial charge in [0, 0.05) is 24.7 Å². The molecule has 2 aromatic carbocycles. The zero-order chi connectivity index (χ0) is 28.4. The number of nitrogens with zero attached hydrogens (tertiary/aromatic N) is 3. The number of likely N-dealkylation sites (tertiary alicyclic amines) is 1. The number of rotatable bonds is 5. The summed E-state index contributed by atoms with van der Waals surface area (Å²) >= 11 is 0. The molecule has 0 bridgehead atoms. The third-order valence-electron chi connectivity index (χ3n) is 7.41. The van der Waals surface area contributed by atoms with Crippen molar-refractivity contribution < 1.29 is 36.9 Å². The molecule has 0 saturated carbocycles. The van der Waals surface area contributed by atoms with E-state index in [4.69, 9.17) is 13.8 Å². The first-order valence-electron chi connectivity index (χ1n) is 12.8. The third-order valence-corrected chi connectivity index (χ3v) is 7.41. The number of carboxylic acid groups (broad SMARTS) is 1. The highest BCUT2D eigenvalue weighted by Gasteiger charge is 2.44. The van der Waals surface area contributed by atoms with Crippen LogP contribution < -0.4 is 4.74 Å². The molecule has 0 radical (unpaired) electrons. The van der Waals surface area contributed by atoms with Crippen LogP contribution in [0.3, 0.4) is 0 Å². The Labute approximate surface area is 227 Å². The van der Waals surface area contributed by atoms with Gasteiger partial charge in [-0.1, -0.05) is 67.5 Å². The molecule has 0 amide bonds. The summed E-state index contributed by atoms with van der Waals surface area (Å²) in [6, 6.07) is 13.5. The van der Waals surface area contributed by atoms with Gasteiger partial charge in [-0.3, -0.25) is 9.69 Å². The predicted molar refractivity (Wildman–Crippen MR) is 137 cm³/mol. The van der Waals surface area contributed by atoms with Gasteiger partial charge in [0.15, 0.2) is 11.5 Å². The largest absolute Gasteiger partial charge is 0.488 e. The Balaban J connectivity index is 1.37. The van der Waals surface area contributed by atoms with E-state index in [1.54, 1.807) is 24.3 Å². The first-order chi connectivity index (χ1) is 18.9. The quantitative estimate of drug-likeness (QED) is 0.292. The minimum Gasteiger partial charge on any atom is -0.488 e. The summed E-state index contributed by atoms with van der Waals surface area (Å²) in [7, 11) is 0. The van der Waals surface area contributed by atoms with Crippen molar-refractivity contribution in [3.8, 4) is 39.8 Å². The van der Waals surface area contributed by atoms with Crippen LogP contribution in [0.4, 0.5) is 13.2 Å². The van der Waals surface area contributed by atoms with Gasteiger partial charge in [-0.05, 0) is 23.1 Å². The maximum atomic E-state index is 14.2. The van der Waals surface area contributed by atoms with Crippen molar-refractivity contribution in [1.29, 1.82) is 0 Å². The van der Waals surface area contributed by atoms with E-state index in [9.17, 15) is 23.1 Å². The molecule has 6 rings (SSSR count). The Morgan fingerprint density at radius 3 is 2.33 bits per heavy atom. The van der Waals surface area contributed by atoms with Gasteiger partial charge in [0.1, 0.15) is 23.6 Å². The molecule has 2 aliphatic rings. The number of ether oxygens (including phenoxy) is 1. The number of hydrogen-bond acceptors (Lipinski definition) is 7. The lowest BCUT2D eigenvalue weighted by molar-refractivity contribution is -0.150. The lowest BCUT2D eigenvalue weighted by atomic mass is 9.78. The molecule has 4 heterocycles. The number of carboxylic acids is 1. The number of fused-ring (bicyclic) bond motifs is 3. The highest BCUT2D eigenvalue weighted by atomic mass is 19.4. The molecule has 4 aromatic rings. The SMILES string of the molecule is CC(C)(C)C(c1ccc2c(c1)OCc1c(-c3onc(-c4ccccc4)c3C(F)(F)F)noc1-2)N1CC(C(=O)O)C1. The highest BCUT2D eigenvalue weighted by Crippen LogP contribution is 2.49. The topological polar surface area (TPSA) is 102 Å². The molecule has 208 valence electrons. The summed E-state index contributed by atoms with van der Waals surface area (Å²) < 4.78 is 59.6. The van der Waals surface area contributed by atoms with Gasteiger partial charge in [0.25, 0.3) is 0 Å². The van der Waals surface area contributed by atoms with Crippen molar-refractivity contribution >= 4 is 5.97 Å². The van der Waals surface area contributed by atoms with Crippen LogP contribution in [0.5, 0.6) is 5.75 Å². The third kappa shape index (κ3) is 4.34. The molecule has 8 nitrogen and oxygen atoms in total. The van der Waals surface area contributed by atoms with Crippen molar-refractivity contribution in [1.82, 2.24) is 15.2 Å². The van der Waals surface area contributed by atoms with E-state index in [1.165, 1.54) is 12.1 Å². The van der Waals surface area contributed by atoms with Crippen LogP contribution in [-0.2, 0) is 17.6 Å². The zero-order valence-electron chi connectivity index (χ0n) is 22.0. The second-order valence-corrected chi connectivity index (χ2v) is 11.2. The van der Waals surface area contributed by atoms with Crippen molar-refractivity contribution in [2.24, 2.45) is 11.3 Å². The normalized spacial score (nSPS) is 16.6. The minimum absolute atomic E-state index is 0.0661. The smallest absolute Gasteiger partial charge is 0.422 e. The molecule has 2 aromatic heterocycles. The number of benzene rings is 2. The molecule has 0 spiro atoms. The van der Waals surface area contributed by atoms with Crippen LogP contribution >= 0.6 is 0 Å². The van der Waals surface area contributed by atoms with Crippen LogP contribution in [0, 0.1) is 11.3 Å². The average Bonchev–Trinajstić information content (AvgIpc) is 3.49. The first kappa shape index (κ1) is 26.1. The van der Waals surface area contributed by atoms with Gasteiger partial charge >= 0.3 is 12.1 Å². The standard InChI is InChI=1S/C29H26F3N3O5/c1-28(2,3)26(35-12-17(13-35)27(36)37)16-9-10-18-20(11-16)38-14-19-23(34-39-24(18)19)25-21(29(30,31)32)22(33-40-25)15-7-5-4-6-8-15/h4-11,17,26H,12-14H2,1-3H3,(H,36,37). The van der Waals surface area contributed by atoms with E-state index in [1.807, 2.05) is 12.1 Å². The summed E-state index contributed by atoms with van der Waals surface area (Å²) in [6.45, 7) is 7.10. The fourth-order valence-corrected chi connectivity index (χ4v) is 5.65.